The summed E-state index contributed by atoms with van der Waals surface area (Å²) in [6.45, 7) is 1.05. The van der Waals surface area contributed by atoms with Gasteiger partial charge < -0.3 is 24.2 Å². The molecule has 0 saturated carbocycles. The van der Waals surface area contributed by atoms with Crippen LogP contribution in [0.15, 0.2) is 23.3 Å². The first kappa shape index (κ1) is 30.4. The van der Waals surface area contributed by atoms with Crippen LogP contribution in [0.3, 0.4) is 0 Å². The summed E-state index contributed by atoms with van der Waals surface area (Å²) < 4.78 is 89.8. The highest BCUT2D eigenvalue weighted by molar-refractivity contribution is 7.81. The van der Waals surface area contributed by atoms with Crippen LogP contribution in [0, 0.1) is 0 Å². The highest BCUT2D eigenvalue weighted by atomic mass is 32.1. The molecule has 1 fully saturated rings. The number of carbonyl (C=O) groups is 2. The maximum absolute atomic E-state index is 13.2. The molecule has 11 nitrogen and oxygen atoms in total. The molecule has 2 aromatic heterocycles. The van der Waals surface area contributed by atoms with E-state index in [1.165, 1.54) is 18.9 Å². The van der Waals surface area contributed by atoms with E-state index in [0.29, 0.717) is 12.4 Å². The number of pyridine rings is 1. The number of hydrogen-bond acceptors (Lipinski definition) is 9. The predicted octanol–water partition coefficient (Wildman–Crippen LogP) is 2.33. The zero-order valence-corrected chi connectivity index (χ0v) is 22.4. The van der Waals surface area contributed by atoms with Crippen molar-refractivity contribution >= 4 is 35.9 Å². The summed E-state index contributed by atoms with van der Waals surface area (Å²) in [4.78, 5) is 43.8. The highest BCUT2D eigenvalue weighted by Crippen LogP contribution is 2.39. The minimum atomic E-state index is -5.01. The number of aromatic amines is 1. The van der Waals surface area contributed by atoms with E-state index >= 15 is 0 Å². The van der Waals surface area contributed by atoms with Gasteiger partial charge in [-0.2, -0.15) is 31.4 Å². The van der Waals surface area contributed by atoms with Crippen LogP contribution >= 0.6 is 12.6 Å². The van der Waals surface area contributed by atoms with E-state index in [4.69, 9.17) is 9.47 Å². The van der Waals surface area contributed by atoms with Gasteiger partial charge in [0.25, 0.3) is 11.5 Å². The molecule has 41 heavy (non-hydrogen) atoms. The maximum Gasteiger partial charge on any atom is 0.425 e. The summed E-state index contributed by atoms with van der Waals surface area (Å²) in [6.07, 6.45) is -8.40. The molecule has 2 amide bonds. The fraction of sp³-hybridized carbons (Fsp3) is 0.522. The molecule has 1 saturated heterocycles. The van der Waals surface area contributed by atoms with Crippen molar-refractivity contribution in [3.05, 3.63) is 39.9 Å². The van der Waals surface area contributed by atoms with E-state index in [0.717, 1.165) is 11.0 Å². The number of H-pyrrole nitrogens is 1. The number of amides is 2. The zero-order chi connectivity index (χ0) is 30.3. The van der Waals surface area contributed by atoms with E-state index < -0.39 is 51.7 Å². The highest BCUT2D eigenvalue weighted by Gasteiger charge is 2.44. The average Bonchev–Trinajstić information content (AvgIpc) is 2.87. The molecule has 0 aliphatic carbocycles. The average molecular weight is 611 g/mol. The minimum Gasteiger partial charge on any atom is -0.472 e. The number of aromatic nitrogens is 3. The zero-order valence-electron chi connectivity index (χ0n) is 21.5. The smallest absolute Gasteiger partial charge is 0.425 e. The molecule has 18 heteroatoms. The third-order valence-electron chi connectivity index (χ3n) is 6.42. The lowest BCUT2D eigenvalue weighted by atomic mass is 10.0. The normalized spacial score (nSPS) is 19.0. The molecule has 1 N–H and O–H groups in total. The molecule has 0 radical (unpaired) electrons. The summed E-state index contributed by atoms with van der Waals surface area (Å²) in [5.41, 5.74) is -4.03. The Kier molecular flexibility index (Phi) is 8.19. The van der Waals surface area contributed by atoms with Crippen LogP contribution in [-0.4, -0.2) is 82.8 Å². The van der Waals surface area contributed by atoms with Gasteiger partial charge in [-0.15, -0.1) is 12.6 Å². The van der Waals surface area contributed by atoms with Crippen molar-refractivity contribution in [2.75, 3.05) is 49.7 Å². The van der Waals surface area contributed by atoms with Crippen molar-refractivity contribution in [2.24, 2.45) is 0 Å². The predicted molar refractivity (Wildman–Crippen MR) is 134 cm³/mol. The Bertz CT molecular complexity index is 1380. The van der Waals surface area contributed by atoms with Crippen molar-refractivity contribution in [3.63, 3.8) is 0 Å². The summed E-state index contributed by atoms with van der Waals surface area (Å²) >= 11 is 4.15. The number of nitrogens with zero attached hydrogens (tertiary/aromatic N) is 5. The number of ether oxygens (including phenoxy) is 2. The van der Waals surface area contributed by atoms with Crippen LogP contribution in [-0.2, 0) is 26.7 Å². The number of rotatable bonds is 7. The molecule has 2 aliphatic rings. The summed E-state index contributed by atoms with van der Waals surface area (Å²) in [6, 6.07) is 0.00973. The van der Waals surface area contributed by atoms with Gasteiger partial charge in [-0.25, -0.2) is 10.1 Å². The molecule has 0 bridgehead atoms. The topological polar surface area (TPSA) is 121 Å². The molecular weight excluding hydrogens is 586 g/mol. The molecule has 2 atom stereocenters. The van der Waals surface area contributed by atoms with E-state index in [1.54, 1.807) is 10.00 Å². The van der Waals surface area contributed by atoms with E-state index in [9.17, 15) is 40.7 Å². The second kappa shape index (κ2) is 11.0. The Labute approximate surface area is 233 Å². The van der Waals surface area contributed by atoms with Crippen LogP contribution in [0.2, 0.25) is 0 Å². The van der Waals surface area contributed by atoms with Gasteiger partial charge >= 0.3 is 12.4 Å². The second-order valence-electron chi connectivity index (χ2n) is 9.53. The van der Waals surface area contributed by atoms with Gasteiger partial charge in [0.1, 0.15) is 6.04 Å². The van der Waals surface area contributed by atoms with Crippen LogP contribution in [0.5, 0.6) is 5.75 Å². The van der Waals surface area contributed by atoms with Crippen LogP contribution in [0.25, 0.3) is 0 Å². The van der Waals surface area contributed by atoms with Crippen molar-refractivity contribution in [3.8, 4) is 5.75 Å². The van der Waals surface area contributed by atoms with Gasteiger partial charge in [0.15, 0.2) is 22.1 Å². The first-order chi connectivity index (χ1) is 19.0. The Morgan fingerprint density at radius 3 is 2.51 bits per heavy atom. The van der Waals surface area contributed by atoms with Crippen LogP contribution in [0.4, 0.5) is 37.8 Å². The first-order valence-electron chi connectivity index (χ1n) is 12.0. The molecule has 0 spiro atoms. The number of nitrogens with one attached hydrogen (secondary N) is 1. The Hall–Kier alpha value is -3.54. The van der Waals surface area contributed by atoms with E-state index in [2.05, 4.69) is 22.7 Å². The molecule has 2 aromatic rings. The number of thiol groups is 1. The van der Waals surface area contributed by atoms with Gasteiger partial charge in [-0.3, -0.25) is 14.4 Å². The number of anilines is 2. The SMILES string of the molecule is CN1C(=O)[C@@H]2CN(C(=O)CCOCC(C)(S)Oc3cn[nH]c(=O)c3C(F)(F)F)CCN2c2ncc(C(F)(F)F)cc21. The number of likely N-dealkylation sites (N-methyl/N-ethyl adjacent to an activating group) is 1. The molecule has 2 aliphatic heterocycles. The number of fused-ring (bicyclic) bond motifs is 3. The Morgan fingerprint density at radius 1 is 1.15 bits per heavy atom. The molecule has 4 rings (SSSR count). The summed E-state index contributed by atoms with van der Waals surface area (Å²) in [5, 5.41) is 5.00. The maximum atomic E-state index is 13.2. The minimum absolute atomic E-state index is 0.0181. The Morgan fingerprint density at radius 2 is 1.85 bits per heavy atom. The third kappa shape index (κ3) is 6.52. The number of alkyl halides is 6. The standard InChI is InChI=1S/C23H24F6N6O5S/c1-21(41,40-15-9-31-32-19(37)17(15)23(27,28)29)11-39-6-3-16(36)34-4-5-35-14(10-34)20(38)33(2)13-7-12(22(24,25)26)8-30-18(13)35/h7-9,14,41H,3-6,10-11H2,1-2H3,(H,32,37)/t14-,21?/m0/s1. The Balaban J connectivity index is 1.33. The van der Waals surface area contributed by atoms with Crippen molar-refractivity contribution in [2.45, 2.75) is 36.7 Å². The van der Waals surface area contributed by atoms with E-state index in [1.807, 2.05) is 0 Å². The van der Waals surface area contributed by atoms with Crippen LogP contribution < -0.4 is 20.1 Å². The van der Waals surface area contributed by atoms with Crippen LogP contribution in [0.1, 0.15) is 24.5 Å². The van der Waals surface area contributed by atoms with Gasteiger partial charge in [-0.1, -0.05) is 0 Å². The van der Waals surface area contributed by atoms with Crippen molar-refractivity contribution < 1.29 is 45.4 Å². The third-order valence-corrected chi connectivity index (χ3v) is 6.64. The lowest BCUT2D eigenvalue weighted by molar-refractivity contribution is -0.141. The lowest BCUT2D eigenvalue weighted by Gasteiger charge is -2.46. The molecule has 1 unspecified atom stereocenters. The largest absolute Gasteiger partial charge is 0.472 e. The number of hydrogen-bond donors (Lipinski definition) is 2. The van der Waals surface area contributed by atoms with Gasteiger partial charge in [0.2, 0.25) is 5.91 Å². The van der Waals surface area contributed by atoms with Gasteiger partial charge in [0.05, 0.1) is 43.6 Å². The monoisotopic (exact) mass is 610 g/mol. The molecule has 0 aromatic carbocycles. The molecule has 4 heterocycles. The quantitative estimate of drug-likeness (QED) is 0.212. The number of halogens is 6. The summed E-state index contributed by atoms with van der Waals surface area (Å²) in [5.74, 6) is -1.52. The first-order valence-corrected chi connectivity index (χ1v) is 12.5. The second-order valence-corrected chi connectivity index (χ2v) is 10.5. The fourth-order valence-electron chi connectivity index (χ4n) is 4.46. The van der Waals surface area contributed by atoms with Crippen molar-refractivity contribution in [1.82, 2.24) is 20.1 Å². The molecule has 224 valence electrons. The number of piperazine rings is 1. The lowest BCUT2D eigenvalue weighted by Crippen LogP contribution is -2.63. The van der Waals surface area contributed by atoms with Gasteiger partial charge in [-0.05, 0) is 13.0 Å². The number of carbonyl (C=O) groups excluding carboxylic acids is 2. The van der Waals surface area contributed by atoms with Gasteiger partial charge in [0, 0.05) is 26.3 Å². The fourth-order valence-corrected chi connectivity index (χ4v) is 4.65. The van der Waals surface area contributed by atoms with E-state index in [-0.39, 0.29) is 56.7 Å². The molecular formula is C23H24F6N6O5S. The summed E-state index contributed by atoms with van der Waals surface area (Å²) in [7, 11) is 1.34. The van der Waals surface area contributed by atoms with Crippen molar-refractivity contribution in [1.29, 1.82) is 0 Å².